The summed E-state index contributed by atoms with van der Waals surface area (Å²) in [5, 5.41) is 0. The number of likely N-dealkylation sites (tertiary alicyclic amines) is 1. The fourth-order valence-electron chi connectivity index (χ4n) is 1.86. The predicted octanol–water partition coefficient (Wildman–Crippen LogP) is 0.132. The van der Waals surface area contributed by atoms with Crippen LogP contribution in [0.5, 0.6) is 0 Å². The fourth-order valence-corrected chi connectivity index (χ4v) is 1.86. The van der Waals surface area contributed by atoms with Crippen molar-refractivity contribution in [3.8, 4) is 0 Å². The Labute approximate surface area is 92.4 Å². The van der Waals surface area contributed by atoms with Gasteiger partial charge in [-0.25, -0.2) is 0 Å². The molecule has 4 heteroatoms. The van der Waals surface area contributed by atoms with Gasteiger partial charge in [0.05, 0.1) is 6.04 Å². The van der Waals surface area contributed by atoms with E-state index in [0.717, 1.165) is 19.5 Å². The summed E-state index contributed by atoms with van der Waals surface area (Å²) in [5.41, 5.74) is 5.86. The third kappa shape index (κ3) is 2.92. The van der Waals surface area contributed by atoms with E-state index in [9.17, 15) is 4.79 Å². The van der Waals surface area contributed by atoms with Gasteiger partial charge in [-0.05, 0) is 26.4 Å². The fraction of sp³-hybridized carbons (Fsp3) is 0.909. The van der Waals surface area contributed by atoms with E-state index in [-0.39, 0.29) is 17.9 Å². The Kier molecular flexibility index (Phi) is 4.11. The molecule has 0 aromatic heterocycles. The van der Waals surface area contributed by atoms with Crippen molar-refractivity contribution in [3.63, 3.8) is 0 Å². The molecule has 2 N–H and O–H groups in total. The average molecular weight is 213 g/mol. The smallest absolute Gasteiger partial charge is 0.239 e. The molecule has 0 radical (unpaired) electrons. The van der Waals surface area contributed by atoms with Gasteiger partial charge in [0.15, 0.2) is 0 Å². The van der Waals surface area contributed by atoms with E-state index >= 15 is 0 Å². The first-order valence-electron chi connectivity index (χ1n) is 5.64. The zero-order valence-corrected chi connectivity index (χ0v) is 10.2. The molecule has 0 aliphatic carbocycles. The summed E-state index contributed by atoms with van der Waals surface area (Å²) in [7, 11) is 4.11. The van der Waals surface area contributed by atoms with Gasteiger partial charge in [0.1, 0.15) is 0 Å². The molecule has 1 rings (SSSR count). The van der Waals surface area contributed by atoms with Crippen molar-refractivity contribution in [2.45, 2.75) is 32.4 Å². The highest BCUT2D eigenvalue weighted by atomic mass is 16.2. The van der Waals surface area contributed by atoms with Crippen molar-refractivity contribution in [3.05, 3.63) is 0 Å². The standard InChI is InChI=1S/C11H23N3O/c1-8(2)10(12)11(15)14-6-5-9(7-14)13(3)4/h8-10H,5-7,12H2,1-4H3/t9-,10-/m0/s1. The third-order valence-corrected chi connectivity index (χ3v) is 3.21. The van der Waals surface area contributed by atoms with Crippen LogP contribution in [0.3, 0.4) is 0 Å². The second-order valence-corrected chi connectivity index (χ2v) is 4.96. The second-order valence-electron chi connectivity index (χ2n) is 4.96. The van der Waals surface area contributed by atoms with Crippen molar-refractivity contribution in [2.75, 3.05) is 27.2 Å². The lowest BCUT2D eigenvalue weighted by molar-refractivity contribution is -0.132. The molecule has 0 saturated carbocycles. The molecule has 1 saturated heterocycles. The van der Waals surface area contributed by atoms with Gasteiger partial charge in [-0.1, -0.05) is 13.8 Å². The number of rotatable bonds is 3. The predicted molar refractivity (Wildman–Crippen MR) is 61.5 cm³/mol. The Morgan fingerprint density at radius 2 is 2.07 bits per heavy atom. The number of amides is 1. The molecule has 2 atom stereocenters. The number of carbonyl (C=O) groups excluding carboxylic acids is 1. The van der Waals surface area contributed by atoms with Crippen LogP contribution in [-0.4, -0.2) is 55.0 Å². The third-order valence-electron chi connectivity index (χ3n) is 3.21. The molecule has 1 aliphatic rings. The van der Waals surface area contributed by atoms with Crippen molar-refractivity contribution in [2.24, 2.45) is 11.7 Å². The summed E-state index contributed by atoms with van der Waals surface area (Å²) in [4.78, 5) is 16.0. The summed E-state index contributed by atoms with van der Waals surface area (Å²) in [6.07, 6.45) is 1.06. The molecule has 1 heterocycles. The summed E-state index contributed by atoms with van der Waals surface area (Å²) < 4.78 is 0. The maximum Gasteiger partial charge on any atom is 0.239 e. The SMILES string of the molecule is CC(C)[C@H](N)C(=O)N1CC[C@H](N(C)C)C1. The Morgan fingerprint density at radius 1 is 1.47 bits per heavy atom. The quantitative estimate of drug-likeness (QED) is 0.725. The summed E-state index contributed by atoms with van der Waals surface area (Å²) >= 11 is 0. The number of nitrogens with two attached hydrogens (primary N) is 1. The van der Waals surface area contributed by atoms with Crippen LogP contribution in [0.2, 0.25) is 0 Å². The lowest BCUT2D eigenvalue weighted by Crippen LogP contribution is -2.46. The van der Waals surface area contributed by atoms with E-state index in [4.69, 9.17) is 5.73 Å². The van der Waals surface area contributed by atoms with Gasteiger partial charge >= 0.3 is 0 Å². The minimum Gasteiger partial charge on any atom is -0.340 e. The molecule has 4 nitrogen and oxygen atoms in total. The molecular formula is C11H23N3O. The molecule has 0 bridgehead atoms. The first kappa shape index (κ1) is 12.5. The molecule has 0 aromatic rings. The van der Waals surface area contributed by atoms with Gasteiger partial charge in [-0.15, -0.1) is 0 Å². The highest BCUT2D eigenvalue weighted by molar-refractivity contribution is 5.82. The van der Waals surface area contributed by atoms with E-state index in [1.54, 1.807) is 0 Å². The molecule has 1 aliphatic heterocycles. The van der Waals surface area contributed by atoms with Crippen molar-refractivity contribution in [1.82, 2.24) is 9.80 Å². The van der Waals surface area contributed by atoms with E-state index in [0.29, 0.717) is 6.04 Å². The molecular weight excluding hydrogens is 190 g/mol. The highest BCUT2D eigenvalue weighted by Crippen LogP contribution is 2.15. The number of hydrogen-bond acceptors (Lipinski definition) is 3. The van der Waals surface area contributed by atoms with Crippen LogP contribution < -0.4 is 5.73 Å². The molecule has 0 spiro atoms. The van der Waals surface area contributed by atoms with Gasteiger partial charge in [-0.3, -0.25) is 4.79 Å². The van der Waals surface area contributed by atoms with Gasteiger partial charge in [0, 0.05) is 19.1 Å². The van der Waals surface area contributed by atoms with Crippen LogP contribution in [0.1, 0.15) is 20.3 Å². The molecule has 88 valence electrons. The Bertz CT molecular complexity index is 228. The largest absolute Gasteiger partial charge is 0.340 e. The Balaban J connectivity index is 2.50. The van der Waals surface area contributed by atoms with Gasteiger partial charge in [0.2, 0.25) is 5.91 Å². The first-order valence-corrected chi connectivity index (χ1v) is 5.64. The van der Waals surface area contributed by atoms with Crippen LogP contribution >= 0.6 is 0 Å². The van der Waals surface area contributed by atoms with E-state index in [1.165, 1.54) is 0 Å². The Hall–Kier alpha value is -0.610. The topological polar surface area (TPSA) is 49.6 Å². The van der Waals surface area contributed by atoms with Gasteiger partial charge in [0.25, 0.3) is 0 Å². The average Bonchev–Trinajstić information content (AvgIpc) is 2.64. The Morgan fingerprint density at radius 3 is 2.47 bits per heavy atom. The van der Waals surface area contributed by atoms with Crippen molar-refractivity contribution >= 4 is 5.91 Å². The summed E-state index contributed by atoms with van der Waals surface area (Å²) in [6, 6.07) is 0.152. The number of nitrogens with zero attached hydrogens (tertiary/aromatic N) is 2. The van der Waals surface area contributed by atoms with Crippen molar-refractivity contribution < 1.29 is 4.79 Å². The van der Waals surface area contributed by atoms with E-state index < -0.39 is 0 Å². The van der Waals surface area contributed by atoms with E-state index in [1.807, 2.05) is 18.7 Å². The molecule has 1 fully saturated rings. The lowest BCUT2D eigenvalue weighted by Gasteiger charge is -2.24. The van der Waals surface area contributed by atoms with Crippen LogP contribution in [0, 0.1) is 5.92 Å². The van der Waals surface area contributed by atoms with Crippen molar-refractivity contribution in [1.29, 1.82) is 0 Å². The molecule has 0 aromatic carbocycles. The normalized spacial score (nSPS) is 23.9. The van der Waals surface area contributed by atoms with Crippen LogP contribution in [-0.2, 0) is 4.79 Å². The minimum atomic E-state index is -0.342. The van der Waals surface area contributed by atoms with E-state index in [2.05, 4.69) is 19.0 Å². The van der Waals surface area contributed by atoms with Crippen LogP contribution in [0.4, 0.5) is 0 Å². The van der Waals surface area contributed by atoms with Crippen LogP contribution in [0.15, 0.2) is 0 Å². The summed E-state index contributed by atoms with van der Waals surface area (Å²) in [6.45, 7) is 5.65. The monoisotopic (exact) mass is 213 g/mol. The minimum absolute atomic E-state index is 0.106. The number of hydrogen-bond donors (Lipinski definition) is 1. The van der Waals surface area contributed by atoms with Gasteiger partial charge < -0.3 is 15.5 Å². The number of carbonyl (C=O) groups is 1. The highest BCUT2D eigenvalue weighted by Gasteiger charge is 2.30. The zero-order chi connectivity index (χ0) is 11.6. The summed E-state index contributed by atoms with van der Waals surface area (Å²) in [5.74, 6) is 0.324. The zero-order valence-electron chi connectivity index (χ0n) is 10.2. The maximum absolute atomic E-state index is 11.9. The molecule has 1 amide bonds. The maximum atomic E-state index is 11.9. The first-order chi connectivity index (χ1) is 6.93. The van der Waals surface area contributed by atoms with Crippen LogP contribution in [0.25, 0.3) is 0 Å². The molecule has 15 heavy (non-hydrogen) atoms. The number of likely N-dealkylation sites (N-methyl/N-ethyl adjacent to an activating group) is 1. The lowest BCUT2D eigenvalue weighted by atomic mass is 10.0. The second kappa shape index (κ2) is 4.94. The van der Waals surface area contributed by atoms with Gasteiger partial charge in [-0.2, -0.15) is 0 Å². The molecule has 0 unspecified atom stereocenters.